The monoisotopic (exact) mass is 266 g/mol. The topological polar surface area (TPSA) is 59.8 Å². The highest BCUT2D eigenvalue weighted by molar-refractivity contribution is 5.82. The predicted molar refractivity (Wildman–Crippen MR) is 75.8 cm³/mol. The second-order valence-electron chi connectivity index (χ2n) is 6.43. The Bertz CT molecular complexity index is 446. The molecule has 1 aromatic rings. The minimum absolute atomic E-state index is 0.148. The van der Waals surface area contributed by atoms with Crippen LogP contribution in [-0.4, -0.2) is 26.8 Å². The van der Waals surface area contributed by atoms with Gasteiger partial charge in [0.05, 0.1) is 17.4 Å². The van der Waals surface area contributed by atoms with E-state index in [1.54, 1.807) is 11.6 Å². The third kappa shape index (κ3) is 3.21. The molecule has 108 valence electrons. The van der Waals surface area contributed by atoms with Gasteiger partial charge in [-0.2, -0.15) is 0 Å². The fourth-order valence-electron chi connectivity index (χ4n) is 1.68. The Hall–Kier alpha value is -1.23. The van der Waals surface area contributed by atoms with Crippen molar-refractivity contribution in [1.29, 1.82) is 0 Å². The number of rotatable bonds is 6. The van der Waals surface area contributed by atoms with Gasteiger partial charge in [-0.25, -0.2) is 4.68 Å². The molecule has 0 aliphatic heterocycles. The van der Waals surface area contributed by atoms with Crippen molar-refractivity contribution in [2.75, 3.05) is 0 Å². The van der Waals surface area contributed by atoms with Crippen LogP contribution in [0.4, 0.5) is 0 Å². The molecule has 0 bridgehead atoms. The molecule has 0 spiro atoms. The number of carbonyl (C=O) groups is 1. The number of hydrogen-bond acceptors (Lipinski definition) is 4. The fourth-order valence-corrected chi connectivity index (χ4v) is 1.68. The van der Waals surface area contributed by atoms with E-state index in [0.29, 0.717) is 12.6 Å². The van der Waals surface area contributed by atoms with Gasteiger partial charge in [0, 0.05) is 18.0 Å². The molecule has 0 radical (unpaired) electrons. The smallest absolute Gasteiger partial charge is 0.137 e. The predicted octanol–water partition coefficient (Wildman–Crippen LogP) is 2.13. The van der Waals surface area contributed by atoms with Gasteiger partial charge in [0.1, 0.15) is 5.78 Å². The van der Waals surface area contributed by atoms with Crippen molar-refractivity contribution in [3.8, 4) is 0 Å². The van der Waals surface area contributed by atoms with Crippen LogP contribution in [0.5, 0.6) is 0 Å². The van der Waals surface area contributed by atoms with Crippen LogP contribution in [0.25, 0.3) is 0 Å². The number of Topliss-reactive ketones (excluding diaryl/α,β-unsaturated/α-hetero) is 1. The normalized spacial score (nSPS) is 13.1. The lowest BCUT2D eigenvalue weighted by Crippen LogP contribution is -2.46. The van der Waals surface area contributed by atoms with E-state index in [1.165, 1.54) is 0 Å². The molecule has 0 amide bonds. The number of hydrogen-bond donors (Lipinski definition) is 1. The maximum absolute atomic E-state index is 11.8. The summed E-state index contributed by atoms with van der Waals surface area (Å²) < 4.78 is 1.80. The molecule has 1 rings (SSSR count). The van der Waals surface area contributed by atoms with Crippen molar-refractivity contribution >= 4 is 5.78 Å². The number of nitrogens with zero attached hydrogens (tertiary/aromatic N) is 3. The van der Waals surface area contributed by atoms with E-state index in [2.05, 4.69) is 29.5 Å². The molecule has 0 saturated heterocycles. The average molecular weight is 266 g/mol. The van der Waals surface area contributed by atoms with E-state index < -0.39 is 11.0 Å². The van der Waals surface area contributed by atoms with Crippen LogP contribution in [-0.2, 0) is 16.9 Å². The lowest BCUT2D eigenvalue weighted by molar-refractivity contribution is -0.130. The highest BCUT2D eigenvalue weighted by Crippen LogP contribution is 2.37. The first-order chi connectivity index (χ1) is 8.59. The highest BCUT2D eigenvalue weighted by atomic mass is 16.1. The van der Waals surface area contributed by atoms with Gasteiger partial charge in [-0.1, -0.05) is 32.9 Å². The molecule has 0 fully saturated rings. The lowest BCUT2D eigenvalue weighted by atomic mass is 9.72. The molecule has 0 saturated carbocycles. The third-order valence-corrected chi connectivity index (χ3v) is 4.21. The van der Waals surface area contributed by atoms with Crippen LogP contribution in [0.3, 0.4) is 0 Å². The second kappa shape index (κ2) is 5.41. The molecule has 5 heteroatoms. The van der Waals surface area contributed by atoms with Gasteiger partial charge in [-0.3, -0.25) is 4.79 Å². The minimum Gasteiger partial charge on any atom is -0.309 e. The first-order valence-corrected chi connectivity index (χ1v) is 6.75. The number of ketones is 1. The summed E-state index contributed by atoms with van der Waals surface area (Å²) in [5.41, 5.74) is -0.0214. The lowest BCUT2D eigenvalue weighted by Gasteiger charge is -2.39. The zero-order valence-electron chi connectivity index (χ0n) is 13.1. The number of aromatic nitrogens is 3. The SMILES string of the molecule is CC(=O)C(C)(C)C(C)(C)n1cc(CNC(C)C)nn1. The highest BCUT2D eigenvalue weighted by Gasteiger charge is 2.43. The first kappa shape index (κ1) is 15.8. The van der Waals surface area contributed by atoms with Gasteiger partial charge in [0.25, 0.3) is 0 Å². The summed E-state index contributed by atoms with van der Waals surface area (Å²) in [5.74, 6) is 0.148. The maximum Gasteiger partial charge on any atom is 0.137 e. The molecule has 1 heterocycles. The molecule has 1 N–H and O–H groups in total. The van der Waals surface area contributed by atoms with Crippen LogP contribution in [0, 0.1) is 5.41 Å². The van der Waals surface area contributed by atoms with E-state index in [4.69, 9.17) is 0 Å². The number of nitrogens with one attached hydrogen (secondary N) is 1. The molecule has 0 atom stereocenters. The standard InChI is InChI=1S/C14H26N4O/c1-10(2)15-8-12-9-18(17-16-12)14(6,7)13(4,5)11(3)19/h9-10,15H,8H2,1-7H3. The summed E-state index contributed by atoms with van der Waals surface area (Å²) >= 11 is 0. The van der Waals surface area contributed by atoms with Gasteiger partial charge in [0.15, 0.2) is 0 Å². The van der Waals surface area contributed by atoms with Crippen molar-refractivity contribution in [1.82, 2.24) is 20.3 Å². The average Bonchev–Trinajstić information content (AvgIpc) is 2.74. The summed E-state index contributed by atoms with van der Waals surface area (Å²) in [5, 5.41) is 11.7. The maximum atomic E-state index is 11.8. The summed E-state index contributed by atoms with van der Waals surface area (Å²) in [4.78, 5) is 11.8. The Morgan fingerprint density at radius 3 is 2.42 bits per heavy atom. The molecular weight excluding hydrogens is 240 g/mol. The summed E-state index contributed by atoms with van der Waals surface area (Å²) in [6.07, 6.45) is 1.92. The van der Waals surface area contributed by atoms with E-state index >= 15 is 0 Å². The minimum atomic E-state index is -0.497. The van der Waals surface area contributed by atoms with E-state index in [-0.39, 0.29) is 5.78 Å². The molecule has 0 aliphatic carbocycles. The van der Waals surface area contributed by atoms with Crippen molar-refractivity contribution in [3.63, 3.8) is 0 Å². The van der Waals surface area contributed by atoms with Crippen molar-refractivity contribution in [2.45, 2.75) is 66.6 Å². The molecule has 0 unspecified atom stereocenters. The van der Waals surface area contributed by atoms with Gasteiger partial charge in [-0.05, 0) is 20.8 Å². The first-order valence-electron chi connectivity index (χ1n) is 6.75. The molecular formula is C14H26N4O. The Morgan fingerprint density at radius 2 is 1.95 bits per heavy atom. The zero-order chi connectivity index (χ0) is 14.8. The molecule has 0 aliphatic rings. The van der Waals surface area contributed by atoms with E-state index in [0.717, 1.165) is 5.69 Å². The van der Waals surface area contributed by atoms with E-state index in [9.17, 15) is 4.79 Å². The molecule has 19 heavy (non-hydrogen) atoms. The Morgan fingerprint density at radius 1 is 1.37 bits per heavy atom. The quantitative estimate of drug-likeness (QED) is 0.857. The van der Waals surface area contributed by atoms with Crippen LogP contribution < -0.4 is 5.32 Å². The van der Waals surface area contributed by atoms with Crippen LogP contribution in [0.1, 0.15) is 54.2 Å². The molecule has 5 nitrogen and oxygen atoms in total. The van der Waals surface area contributed by atoms with Crippen molar-refractivity contribution in [2.24, 2.45) is 5.41 Å². The third-order valence-electron chi connectivity index (χ3n) is 4.21. The molecule has 0 aromatic carbocycles. The van der Waals surface area contributed by atoms with Gasteiger partial charge >= 0.3 is 0 Å². The summed E-state index contributed by atoms with van der Waals surface area (Å²) in [7, 11) is 0. The van der Waals surface area contributed by atoms with Gasteiger partial charge in [-0.15, -0.1) is 5.10 Å². The molecule has 1 aromatic heterocycles. The van der Waals surface area contributed by atoms with Gasteiger partial charge < -0.3 is 5.32 Å². The van der Waals surface area contributed by atoms with Crippen LogP contribution >= 0.6 is 0 Å². The van der Waals surface area contributed by atoms with Crippen LogP contribution in [0.15, 0.2) is 6.20 Å². The van der Waals surface area contributed by atoms with Gasteiger partial charge in [0.2, 0.25) is 0 Å². The van der Waals surface area contributed by atoms with E-state index in [1.807, 2.05) is 33.9 Å². The second-order valence-corrected chi connectivity index (χ2v) is 6.43. The largest absolute Gasteiger partial charge is 0.309 e. The summed E-state index contributed by atoms with van der Waals surface area (Å²) in [6, 6.07) is 0.409. The van der Waals surface area contributed by atoms with Crippen LogP contribution in [0.2, 0.25) is 0 Å². The van der Waals surface area contributed by atoms with Crippen molar-refractivity contribution < 1.29 is 4.79 Å². The fraction of sp³-hybridized carbons (Fsp3) is 0.786. The zero-order valence-corrected chi connectivity index (χ0v) is 13.1. The number of carbonyl (C=O) groups excluding carboxylic acids is 1. The summed E-state index contributed by atoms with van der Waals surface area (Å²) in [6.45, 7) is 14.4. The Kier molecular flexibility index (Phi) is 4.50. The Labute approximate surface area is 115 Å². The van der Waals surface area contributed by atoms with Crippen molar-refractivity contribution in [3.05, 3.63) is 11.9 Å². The Balaban J connectivity index is 2.94.